The molecule has 4 heteroatoms. The third-order valence-corrected chi connectivity index (χ3v) is 4.74. The van der Waals surface area contributed by atoms with Crippen LogP contribution in [0.4, 0.5) is 0 Å². The maximum absolute atomic E-state index is 11.9. The van der Waals surface area contributed by atoms with Crippen molar-refractivity contribution in [1.29, 1.82) is 0 Å². The highest BCUT2D eigenvalue weighted by atomic mass is 35.5. The zero-order valence-electron chi connectivity index (χ0n) is 14.2. The minimum absolute atomic E-state index is 0.0156. The first kappa shape index (κ1) is 17.2. The largest absolute Gasteiger partial charge is 0.366 e. The van der Waals surface area contributed by atoms with Crippen molar-refractivity contribution < 1.29 is 4.79 Å². The Morgan fingerprint density at radius 1 is 1.12 bits per heavy atom. The molecule has 0 aliphatic rings. The van der Waals surface area contributed by atoms with Gasteiger partial charge in [0.15, 0.2) is 0 Å². The Morgan fingerprint density at radius 2 is 1.84 bits per heavy atom. The van der Waals surface area contributed by atoms with Gasteiger partial charge < -0.3 is 5.73 Å². The van der Waals surface area contributed by atoms with Gasteiger partial charge in [-0.1, -0.05) is 36.7 Å². The molecular weight excluding hydrogens is 332 g/mol. The third kappa shape index (κ3) is 3.57. The first-order valence-electron chi connectivity index (χ1n) is 8.07. The molecule has 1 atom stereocenters. The smallest absolute Gasteiger partial charge is 0.248 e. The number of aryl methyl sites for hydroxylation is 1. The molecule has 0 bridgehead atoms. The first-order chi connectivity index (χ1) is 12.0. The molecule has 0 spiro atoms. The lowest BCUT2D eigenvalue weighted by Gasteiger charge is -2.18. The van der Waals surface area contributed by atoms with Crippen molar-refractivity contribution in [1.82, 2.24) is 4.98 Å². The van der Waals surface area contributed by atoms with Gasteiger partial charge in [-0.2, -0.15) is 0 Å². The van der Waals surface area contributed by atoms with Crippen molar-refractivity contribution in [2.24, 2.45) is 5.73 Å². The minimum atomic E-state index is -0.422. The fourth-order valence-electron chi connectivity index (χ4n) is 3.04. The number of aromatic nitrogens is 1. The van der Waals surface area contributed by atoms with Crippen LogP contribution >= 0.6 is 11.6 Å². The number of nitrogens with zero attached hydrogens (tertiary/aromatic N) is 1. The standard InChI is InChI=1S/C21H19ClN2O/c1-13-12-24-10-9-18(13)16-5-8-19(21(23)25)20(11-16)14(2)15-3-6-17(22)7-4-15/h3-12,14H,1-2H3,(H2,23,25)/t14-/m1/s1. The summed E-state index contributed by atoms with van der Waals surface area (Å²) in [5.74, 6) is -0.407. The Balaban J connectivity index is 2.12. The van der Waals surface area contributed by atoms with Crippen molar-refractivity contribution in [3.8, 4) is 11.1 Å². The van der Waals surface area contributed by atoms with E-state index in [1.165, 1.54) is 0 Å². The molecule has 0 saturated heterocycles. The van der Waals surface area contributed by atoms with E-state index in [4.69, 9.17) is 17.3 Å². The molecule has 3 aromatic rings. The second kappa shape index (κ2) is 7.08. The van der Waals surface area contributed by atoms with E-state index in [9.17, 15) is 4.79 Å². The topological polar surface area (TPSA) is 56.0 Å². The molecule has 1 aromatic heterocycles. The Hall–Kier alpha value is -2.65. The van der Waals surface area contributed by atoms with Crippen LogP contribution in [0, 0.1) is 6.92 Å². The average molecular weight is 351 g/mol. The predicted octanol–water partition coefficient (Wildman–Crippen LogP) is 4.96. The van der Waals surface area contributed by atoms with Crippen molar-refractivity contribution in [2.45, 2.75) is 19.8 Å². The summed E-state index contributed by atoms with van der Waals surface area (Å²) in [5.41, 5.74) is 11.3. The van der Waals surface area contributed by atoms with Crippen LogP contribution in [0.15, 0.2) is 60.9 Å². The van der Waals surface area contributed by atoms with Crippen LogP contribution in [-0.4, -0.2) is 10.9 Å². The number of benzene rings is 2. The normalized spacial score (nSPS) is 12.0. The summed E-state index contributed by atoms with van der Waals surface area (Å²) < 4.78 is 0. The molecule has 0 radical (unpaired) electrons. The maximum Gasteiger partial charge on any atom is 0.248 e. The zero-order chi connectivity index (χ0) is 18.0. The quantitative estimate of drug-likeness (QED) is 0.722. The van der Waals surface area contributed by atoms with Gasteiger partial charge in [0, 0.05) is 28.9 Å². The summed E-state index contributed by atoms with van der Waals surface area (Å²) in [5, 5.41) is 0.687. The average Bonchev–Trinajstić information content (AvgIpc) is 2.61. The number of carbonyl (C=O) groups excluding carboxylic acids is 1. The Kier molecular flexibility index (Phi) is 4.86. The van der Waals surface area contributed by atoms with Crippen LogP contribution in [0.2, 0.25) is 5.02 Å². The predicted molar refractivity (Wildman–Crippen MR) is 102 cm³/mol. The molecule has 0 aliphatic carbocycles. The summed E-state index contributed by atoms with van der Waals surface area (Å²) in [6, 6.07) is 15.4. The van der Waals surface area contributed by atoms with E-state index in [1.54, 1.807) is 12.3 Å². The van der Waals surface area contributed by atoms with Gasteiger partial charge in [-0.05, 0) is 65.1 Å². The van der Waals surface area contributed by atoms with Gasteiger partial charge in [0.05, 0.1) is 0 Å². The van der Waals surface area contributed by atoms with Crippen molar-refractivity contribution >= 4 is 17.5 Å². The molecule has 2 aromatic carbocycles. The minimum Gasteiger partial charge on any atom is -0.366 e. The summed E-state index contributed by atoms with van der Waals surface area (Å²) in [6.07, 6.45) is 3.60. The van der Waals surface area contributed by atoms with E-state index < -0.39 is 5.91 Å². The third-order valence-electron chi connectivity index (χ3n) is 4.48. The zero-order valence-corrected chi connectivity index (χ0v) is 14.9. The molecule has 1 heterocycles. The van der Waals surface area contributed by atoms with Gasteiger partial charge in [0.1, 0.15) is 0 Å². The monoisotopic (exact) mass is 350 g/mol. The van der Waals surface area contributed by atoms with Gasteiger partial charge in [-0.25, -0.2) is 0 Å². The molecule has 2 N–H and O–H groups in total. The lowest BCUT2D eigenvalue weighted by Crippen LogP contribution is -2.15. The fraction of sp³-hybridized carbons (Fsp3) is 0.143. The highest BCUT2D eigenvalue weighted by molar-refractivity contribution is 6.30. The van der Waals surface area contributed by atoms with E-state index in [1.807, 2.05) is 55.6 Å². The number of halogens is 1. The summed E-state index contributed by atoms with van der Waals surface area (Å²) in [6.45, 7) is 4.08. The van der Waals surface area contributed by atoms with Crippen LogP contribution in [-0.2, 0) is 0 Å². The van der Waals surface area contributed by atoms with E-state index >= 15 is 0 Å². The Morgan fingerprint density at radius 3 is 2.48 bits per heavy atom. The summed E-state index contributed by atoms with van der Waals surface area (Å²) in [4.78, 5) is 16.1. The lowest BCUT2D eigenvalue weighted by atomic mass is 9.87. The second-order valence-electron chi connectivity index (χ2n) is 6.13. The van der Waals surface area contributed by atoms with Crippen molar-refractivity contribution in [2.75, 3.05) is 0 Å². The number of primary amides is 1. The molecule has 0 aliphatic heterocycles. The highest BCUT2D eigenvalue weighted by Gasteiger charge is 2.17. The fourth-order valence-corrected chi connectivity index (χ4v) is 3.17. The lowest BCUT2D eigenvalue weighted by molar-refractivity contribution is 0.0999. The van der Waals surface area contributed by atoms with Crippen molar-refractivity contribution in [3.05, 3.63) is 88.2 Å². The van der Waals surface area contributed by atoms with Gasteiger partial charge in [-0.3, -0.25) is 9.78 Å². The van der Waals surface area contributed by atoms with Crippen LogP contribution < -0.4 is 5.73 Å². The van der Waals surface area contributed by atoms with Crippen LogP contribution in [0.25, 0.3) is 11.1 Å². The SMILES string of the molecule is Cc1cnccc1-c1ccc(C(N)=O)c([C@H](C)c2ccc(Cl)cc2)c1. The van der Waals surface area contributed by atoms with Gasteiger partial charge in [0.25, 0.3) is 0 Å². The molecule has 0 unspecified atom stereocenters. The number of amides is 1. The summed E-state index contributed by atoms with van der Waals surface area (Å²) in [7, 11) is 0. The number of hydrogen-bond acceptors (Lipinski definition) is 2. The molecule has 0 fully saturated rings. The number of rotatable bonds is 4. The van der Waals surface area contributed by atoms with E-state index in [0.29, 0.717) is 10.6 Å². The Bertz CT molecular complexity index is 919. The number of hydrogen-bond donors (Lipinski definition) is 1. The number of nitrogens with two attached hydrogens (primary N) is 1. The molecule has 126 valence electrons. The van der Waals surface area contributed by atoms with Crippen LogP contribution in [0.1, 0.15) is 39.9 Å². The van der Waals surface area contributed by atoms with Gasteiger partial charge in [-0.15, -0.1) is 0 Å². The van der Waals surface area contributed by atoms with Gasteiger partial charge in [0.2, 0.25) is 5.91 Å². The van der Waals surface area contributed by atoms with E-state index in [2.05, 4.69) is 11.9 Å². The molecule has 1 amide bonds. The van der Waals surface area contributed by atoms with Crippen LogP contribution in [0.3, 0.4) is 0 Å². The van der Waals surface area contributed by atoms with Crippen molar-refractivity contribution in [3.63, 3.8) is 0 Å². The molecule has 25 heavy (non-hydrogen) atoms. The van der Waals surface area contributed by atoms with Gasteiger partial charge >= 0.3 is 0 Å². The maximum atomic E-state index is 11.9. The van der Waals surface area contributed by atoms with E-state index in [0.717, 1.165) is 27.8 Å². The first-order valence-corrected chi connectivity index (χ1v) is 8.45. The summed E-state index contributed by atoms with van der Waals surface area (Å²) >= 11 is 5.99. The highest BCUT2D eigenvalue weighted by Crippen LogP contribution is 2.32. The molecular formula is C21H19ClN2O. The Labute approximate surface area is 152 Å². The molecule has 3 rings (SSSR count). The second-order valence-corrected chi connectivity index (χ2v) is 6.57. The number of pyridine rings is 1. The van der Waals surface area contributed by atoms with E-state index in [-0.39, 0.29) is 5.92 Å². The molecule has 3 nitrogen and oxygen atoms in total. The number of carbonyl (C=O) groups is 1. The molecule has 0 saturated carbocycles. The van der Waals surface area contributed by atoms with Crippen LogP contribution in [0.5, 0.6) is 0 Å².